The molecule has 2 fully saturated rings. The SMILES string of the molecule is C.C.C.CCC(=O)CCCC=C(c1cc(Cl)c(OC)c(C(=O)CC)c1)c1cc(Cl)c(OC)c(C(=O)CC)c1.CCC1(CCCC=C(c2cc(Cl)c(OC)c(C(=O)N(C)OC)c2)c2cc(Cl)c(OC)c(C(=O)N(C)OC)c2)OCCO1.CCC1(CCCC=O)OCCO1.COc1c(C)cc(C(=O)c2cc(C)c(OC)c(Cl)c2)cc1Cl.COc1c(Cl)cc(C(=O)c2cc(Cl)c(OC)c(C(=O)N(C)OC)c2)cc1C(=O)N(C)OC. The van der Waals surface area contributed by atoms with Gasteiger partial charge in [-0.1, -0.05) is 162 Å². The predicted molar refractivity (Wildman–Crippen MR) is 573 cm³/mol. The molecule has 10 rings (SSSR count). The lowest BCUT2D eigenvalue weighted by Crippen LogP contribution is -2.28. The summed E-state index contributed by atoms with van der Waals surface area (Å²) >= 11 is 51.2. The molecule has 38 heteroatoms. The quantitative estimate of drug-likeness (QED) is 0.0148. The highest BCUT2D eigenvalue weighted by Gasteiger charge is 2.37. The van der Waals surface area contributed by atoms with E-state index in [4.69, 9.17) is 169 Å². The van der Waals surface area contributed by atoms with Crippen LogP contribution in [0.3, 0.4) is 0 Å². The average Bonchev–Trinajstić information content (AvgIpc) is 0.938. The molecule has 0 atom stereocenters. The van der Waals surface area contributed by atoms with Gasteiger partial charge in [0.05, 0.1) is 185 Å². The Labute approximate surface area is 897 Å². The van der Waals surface area contributed by atoms with Crippen molar-refractivity contribution < 1.29 is 124 Å². The van der Waals surface area contributed by atoms with Gasteiger partial charge in [0.1, 0.15) is 58.1 Å². The Kier molecular flexibility index (Phi) is 55.7. The van der Waals surface area contributed by atoms with Crippen LogP contribution in [0.15, 0.2) is 109 Å². The van der Waals surface area contributed by atoms with Gasteiger partial charge in [0.15, 0.2) is 34.7 Å². The number of aryl methyl sites for hydroxylation is 2. The second-order valence-electron chi connectivity index (χ2n) is 31.9. The van der Waals surface area contributed by atoms with Crippen LogP contribution in [-0.4, -0.2) is 231 Å². The van der Waals surface area contributed by atoms with Gasteiger partial charge in [-0.2, -0.15) is 0 Å². The number of Topliss-reactive ketones (excluding diaryl/α,β-unsaturated/α-hetero) is 3. The zero-order valence-electron chi connectivity index (χ0n) is 84.6. The van der Waals surface area contributed by atoms with Crippen LogP contribution in [0.2, 0.25) is 40.2 Å². The van der Waals surface area contributed by atoms with Crippen molar-refractivity contribution in [3.05, 3.63) is 238 Å². The number of aldehydes is 1. The van der Waals surface area contributed by atoms with Gasteiger partial charge in [0, 0.05) is 95.4 Å². The van der Waals surface area contributed by atoms with Crippen LogP contribution in [0.4, 0.5) is 0 Å². The average molecular weight is 2190 g/mol. The Morgan fingerprint density at radius 2 is 0.541 bits per heavy atom. The first-order valence-corrected chi connectivity index (χ1v) is 48.4. The minimum absolute atomic E-state index is 0. The minimum Gasteiger partial charge on any atom is -0.495 e. The molecule has 800 valence electrons. The number of hydroxylamine groups is 8. The summed E-state index contributed by atoms with van der Waals surface area (Å²) in [5.74, 6) is -1.35. The number of ketones is 5. The normalized spacial score (nSPS) is 12.2. The third kappa shape index (κ3) is 33.5. The van der Waals surface area contributed by atoms with E-state index >= 15 is 0 Å². The summed E-state index contributed by atoms with van der Waals surface area (Å²) in [6, 6.07) is 25.8. The highest BCUT2D eigenvalue weighted by molar-refractivity contribution is 6.37. The van der Waals surface area contributed by atoms with E-state index in [1.54, 1.807) is 101 Å². The highest BCUT2D eigenvalue weighted by atomic mass is 35.5. The smallest absolute Gasteiger partial charge is 0.280 e. The Bertz CT molecular complexity index is 5570. The van der Waals surface area contributed by atoms with E-state index in [0.717, 1.165) is 75.3 Å². The van der Waals surface area contributed by atoms with Crippen LogP contribution in [0.25, 0.3) is 11.1 Å². The molecule has 0 spiro atoms. The van der Waals surface area contributed by atoms with E-state index in [1.165, 1.54) is 124 Å². The molecule has 0 bridgehead atoms. The van der Waals surface area contributed by atoms with Gasteiger partial charge in [-0.3, -0.25) is 62.5 Å². The standard InChI is InChI=1S/C30H38Cl2N2O8.C28H32Cl2O5.C21H22Cl2N2O7.C17H16Cl2O3.C9H16O3.3CH4/c1-8-30(41-13-14-42-30)12-10-9-11-21(19-15-22(28(35)33(2)39-6)26(37-4)24(31)17-19)20-16-23(29(36)34(3)40-7)27(38-5)25(32)18-20;1-6-19(31)11-9-10-12-20(17-13-21(25(32)7-2)27(34-4)23(29)15-17)18-14-22(26(33)8-3)28(35-5)24(30)16-18;1-24(31-5)20(27)13-7-11(9-15(22)18(13)29-3)17(26)12-8-14(21(28)25(2)32-6)19(30-4)16(23)10-12;1-9-5-11(7-13(18)16(9)21-3)15(20)12-6-10(2)17(22-4)14(19)8-12;1-2-9(5-3-4-6-10)11-7-8-12-9;;;/h11,15-18H,8-10,12-14H2,1-7H3;12-16H,6-11H2,1-5H3;7-10H,1-6H3;5-8H,1-4H3;6H,2-5,7-8H2,1H3;3*1H4. The van der Waals surface area contributed by atoms with Gasteiger partial charge in [0.2, 0.25) is 0 Å². The maximum Gasteiger partial charge on any atom is 0.280 e. The number of methoxy groups -OCH3 is 8. The number of benzene rings is 8. The number of allylic oxidation sites excluding steroid dienone is 2. The molecule has 0 aromatic heterocycles. The van der Waals surface area contributed by atoms with E-state index in [9.17, 15) is 47.9 Å². The van der Waals surface area contributed by atoms with Gasteiger partial charge in [-0.15, -0.1) is 0 Å². The molecule has 2 heterocycles. The first kappa shape index (κ1) is 130. The zero-order chi connectivity index (χ0) is 107. The maximum absolute atomic E-state index is 13.3. The lowest BCUT2D eigenvalue weighted by atomic mass is 9.91. The fourth-order valence-electron chi connectivity index (χ4n) is 15.3. The molecule has 0 saturated carbocycles. The lowest BCUT2D eigenvalue weighted by Gasteiger charge is -2.25. The first-order valence-electron chi connectivity index (χ1n) is 45.4. The number of unbranched alkanes of at least 4 members (excludes halogenated alkanes) is 3. The van der Waals surface area contributed by atoms with E-state index in [2.05, 4.69) is 0 Å². The molecule has 0 unspecified atom stereocenters. The van der Waals surface area contributed by atoms with Crippen molar-refractivity contribution in [3.8, 4) is 46.0 Å². The van der Waals surface area contributed by atoms with Gasteiger partial charge < -0.3 is 61.6 Å². The Morgan fingerprint density at radius 3 is 0.774 bits per heavy atom. The molecular formula is C108H136Cl8N4O26. The number of nitrogens with zero attached hydrogens (tertiary/aromatic N) is 4. The third-order valence-corrected chi connectivity index (χ3v) is 25.4. The fraction of sp³-hybridized carbons (Fsp3) is 0.426. The van der Waals surface area contributed by atoms with E-state index < -0.39 is 35.2 Å². The Balaban J connectivity index is 0.000000485. The molecule has 2 aliphatic heterocycles. The van der Waals surface area contributed by atoms with Crippen LogP contribution in [0, 0.1) is 13.8 Å². The Morgan fingerprint density at radius 1 is 0.315 bits per heavy atom. The third-order valence-electron chi connectivity index (χ3n) is 23.1. The molecule has 146 heavy (non-hydrogen) atoms. The molecule has 2 aliphatic rings. The minimum atomic E-state index is -0.588. The summed E-state index contributed by atoms with van der Waals surface area (Å²) in [6.07, 6.45) is 13.8. The summed E-state index contributed by atoms with van der Waals surface area (Å²) in [5, 5.41) is 6.03. The van der Waals surface area contributed by atoms with Crippen LogP contribution in [0.1, 0.15) is 274 Å². The maximum atomic E-state index is 13.3. The van der Waals surface area contributed by atoms with Crippen LogP contribution in [0.5, 0.6) is 46.0 Å². The fourth-order valence-corrected chi connectivity index (χ4v) is 17.8. The second-order valence-corrected chi connectivity index (χ2v) is 35.2. The molecule has 8 aromatic rings. The van der Waals surface area contributed by atoms with Gasteiger partial charge in [0.25, 0.3) is 23.6 Å². The number of rotatable bonds is 43. The number of halogens is 8. The molecule has 2 saturated heterocycles. The summed E-state index contributed by atoms with van der Waals surface area (Å²) in [6.45, 7) is 15.7. The van der Waals surface area contributed by atoms with Crippen LogP contribution < -0.4 is 37.9 Å². The van der Waals surface area contributed by atoms with Crippen LogP contribution in [-0.2, 0) is 47.9 Å². The first-order chi connectivity index (χ1) is 68.1. The summed E-state index contributed by atoms with van der Waals surface area (Å²) < 4.78 is 65.4. The number of carbonyl (C=O) groups is 10. The molecular weight excluding hydrogens is 2050 g/mol. The predicted octanol–water partition coefficient (Wildman–Crippen LogP) is 25.6. The molecule has 8 aromatic carbocycles. The van der Waals surface area contributed by atoms with Crippen molar-refractivity contribution >= 4 is 163 Å². The number of hydrogen-bond acceptors (Lipinski definition) is 26. The van der Waals surface area contributed by atoms with Crippen molar-refractivity contribution in [1.82, 2.24) is 20.3 Å². The number of carbonyl (C=O) groups excluding carboxylic acids is 10. The lowest BCUT2D eigenvalue weighted by molar-refractivity contribution is -0.164. The Hall–Kier alpha value is -10.5. The zero-order valence-corrected chi connectivity index (χ0v) is 90.7. The van der Waals surface area contributed by atoms with E-state index in [-0.39, 0.29) is 141 Å². The molecule has 0 aliphatic carbocycles. The molecule has 30 nitrogen and oxygen atoms in total. The van der Waals surface area contributed by atoms with Crippen molar-refractivity contribution in [2.24, 2.45) is 0 Å². The van der Waals surface area contributed by atoms with Crippen molar-refractivity contribution in [2.45, 2.75) is 172 Å². The van der Waals surface area contributed by atoms with E-state index in [0.29, 0.717) is 165 Å². The highest BCUT2D eigenvalue weighted by Crippen LogP contribution is 2.45. The number of ether oxygens (including phenoxy) is 12. The van der Waals surface area contributed by atoms with Gasteiger partial charge in [-0.25, -0.2) is 20.3 Å². The largest absolute Gasteiger partial charge is 0.495 e. The van der Waals surface area contributed by atoms with Crippen LogP contribution >= 0.6 is 92.8 Å². The molecule has 4 amide bonds. The molecule has 0 radical (unpaired) electrons. The second kappa shape index (κ2) is 62.7. The monoisotopic (exact) mass is 2180 g/mol. The number of amides is 4. The van der Waals surface area contributed by atoms with Gasteiger partial charge in [-0.05, 0) is 200 Å². The summed E-state index contributed by atoms with van der Waals surface area (Å²) in [4.78, 5) is 145. The molecule has 0 N–H and O–H groups in total. The van der Waals surface area contributed by atoms with Crippen molar-refractivity contribution in [2.75, 3.05) is 140 Å². The van der Waals surface area contributed by atoms with Gasteiger partial charge >= 0.3 is 0 Å². The van der Waals surface area contributed by atoms with E-state index in [1.807, 2.05) is 46.8 Å². The van der Waals surface area contributed by atoms with Crippen molar-refractivity contribution in [3.63, 3.8) is 0 Å². The van der Waals surface area contributed by atoms with Crippen molar-refractivity contribution in [1.29, 1.82) is 0 Å². The summed E-state index contributed by atoms with van der Waals surface area (Å²) in [7, 11) is 22.8. The number of hydrogen-bond donors (Lipinski definition) is 0. The summed E-state index contributed by atoms with van der Waals surface area (Å²) in [5.41, 5.74) is 7.93. The topological polar surface area (TPSA) is 331 Å².